The fourth-order valence-electron chi connectivity index (χ4n) is 1.51. The maximum atomic E-state index is 11.9. The van der Waals surface area contributed by atoms with Crippen LogP contribution >= 0.6 is 54.5 Å². The number of nitrogens with one attached hydrogen (secondary N) is 1. The van der Waals surface area contributed by atoms with Crippen molar-refractivity contribution in [1.29, 1.82) is 0 Å². The van der Waals surface area contributed by atoms with Gasteiger partial charge in [0.1, 0.15) is 5.75 Å². The average Bonchev–Trinajstić information content (AvgIpc) is 2.44. The second-order valence-corrected chi connectivity index (χ2v) is 7.03. The molecule has 21 heavy (non-hydrogen) atoms. The average molecular weight is 524 g/mol. The van der Waals surface area contributed by atoms with Crippen molar-refractivity contribution in [3.05, 3.63) is 60.0 Å². The highest BCUT2D eigenvalue weighted by molar-refractivity contribution is 14.1. The lowest BCUT2D eigenvalue weighted by Crippen LogP contribution is -2.17. The minimum Gasteiger partial charge on any atom is -0.506 e. The molecule has 0 spiro atoms. The fraction of sp³-hybridized carbons (Fsp3) is 0. The number of rotatable bonds is 3. The molecular weight excluding hydrogens is 515 g/mol. The summed E-state index contributed by atoms with van der Waals surface area (Å²) in [5, 5.41) is 13.8. The second-order valence-electron chi connectivity index (χ2n) is 4.03. The lowest BCUT2D eigenvalue weighted by atomic mass is 10.2. The number of hydrazone groups is 1. The molecule has 2 N–H and O–H groups in total. The molecule has 0 aliphatic rings. The lowest BCUT2D eigenvalue weighted by molar-refractivity contribution is 0.0955. The maximum absolute atomic E-state index is 11.9. The topological polar surface area (TPSA) is 61.7 Å². The third kappa shape index (κ3) is 4.52. The van der Waals surface area contributed by atoms with Gasteiger partial charge in [-0.1, -0.05) is 31.9 Å². The summed E-state index contributed by atoms with van der Waals surface area (Å²) in [4.78, 5) is 11.9. The Morgan fingerprint density at radius 1 is 1.19 bits per heavy atom. The van der Waals surface area contributed by atoms with E-state index in [0.29, 0.717) is 14.7 Å². The molecule has 0 saturated heterocycles. The van der Waals surface area contributed by atoms with Gasteiger partial charge in [-0.15, -0.1) is 0 Å². The van der Waals surface area contributed by atoms with Crippen molar-refractivity contribution >= 4 is 66.6 Å². The number of carbonyl (C=O) groups excluding carboxylic acids is 1. The number of hydrogen-bond acceptors (Lipinski definition) is 3. The first-order valence-electron chi connectivity index (χ1n) is 5.74. The minimum atomic E-state index is -0.317. The van der Waals surface area contributed by atoms with Crippen LogP contribution in [0.3, 0.4) is 0 Å². The molecule has 0 fully saturated rings. The highest BCUT2D eigenvalue weighted by Crippen LogP contribution is 2.27. The monoisotopic (exact) mass is 522 g/mol. The molecule has 0 heterocycles. The Hall–Kier alpha value is -0.930. The van der Waals surface area contributed by atoms with Gasteiger partial charge in [0.05, 0.1) is 9.78 Å². The lowest BCUT2D eigenvalue weighted by Gasteiger charge is -2.03. The Morgan fingerprint density at radius 2 is 1.86 bits per heavy atom. The second kappa shape index (κ2) is 7.37. The van der Waals surface area contributed by atoms with E-state index in [1.54, 1.807) is 36.4 Å². The highest BCUT2D eigenvalue weighted by atomic mass is 127. The summed E-state index contributed by atoms with van der Waals surface area (Å²) in [5.74, 6) is -0.191. The van der Waals surface area contributed by atoms with Gasteiger partial charge >= 0.3 is 0 Å². The van der Waals surface area contributed by atoms with Crippen LogP contribution in [0, 0.1) is 3.57 Å². The number of benzene rings is 2. The molecule has 0 bridgehead atoms. The molecule has 2 rings (SSSR count). The fourth-order valence-corrected chi connectivity index (χ4v) is 3.33. The van der Waals surface area contributed by atoms with Crippen LogP contribution in [-0.2, 0) is 0 Å². The Morgan fingerprint density at radius 3 is 2.52 bits per heavy atom. The van der Waals surface area contributed by atoms with E-state index in [4.69, 9.17) is 0 Å². The number of carbonyl (C=O) groups is 1. The molecule has 0 saturated carbocycles. The van der Waals surface area contributed by atoms with Gasteiger partial charge in [0.25, 0.3) is 5.91 Å². The molecule has 1 amide bonds. The van der Waals surface area contributed by atoms with Crippen LogP contribution in [0.1, 0.15) is 15.9 Å². The first-order chi connectivity index (χ1) is 9.97. The van der Waals surface area contributed by atoms with Crippen molar-refractivity contribution < 1.29 is 9.90 Å². The molecule has 0 aromatic heterocycles. The van der Waals surface area contributed by atoms with Crippen LogP contribution in [0.15, 0.2) is 50.4 Å². The molecule has 4 nitrogen and oxygen atoms in total. The third-order valence-corrected chi connectivity index (χ3v) is 4.34. The molecule has 0 radical (unpaired) electrons. The van der Waals surface area contributed by atoms with E-state index in [0.717, 1.165) is 8.95 Å². The van der Waals surface area contributed by atoms with Gasteiger partial charge in [-0.25, -0.2) is 5.43 Å². The van der Waals surface area contributed by atoms with Crippen LogP contribution < -0.4 is 5.43 Å². The normalized spacial score (nSPS) is 10.8. The van der Waals surface area contributed by atoms with Gasteiger partial charge in [-0.3, -0.25) is 4.79 Å². The number of hydrogen-bond donors (Lipinski definition) is 2. The van der Waals surface area contributed by atoms with Crippen LogP contribution in [0.4, 0.5) is 0 Å². The third-order valence-electron chi connectivity index (χ3n) is 2.53. The van der Waals surface area contributed by atoms with Gasteiger partial charge in [0.15, 0.2) is 0 Å². The van der Waals surface area contributed by atoms with E-state index >= 15 is 0 Å². The molecule has 108 valence electrons. The van der Waals surface area contributed by atoms with Crippen molar-refractivity contribution in [2.45, 2.75) is 0 Å². The Bertz CT molecular complexity index is 703. The number of phenols is 1. The van der Waals surface area contributed by atoms with Crippen LogP contribution in [0.2, 0.25) is 0 Å². The molecule has 0 atom stereocenters. The van der Waals surface area contributed by atoms with E-state index in [9.17, 15) is 9.90 Å². The summed E-state index contributed by atoms with van der Waals surface area (Å²) in [5.41, 5.74) is 3.44. The summed E-state index contributed by atoms with van der Waals surface area (Å²) in [7, 11) is 0. The Balaban J connectivity index is 2.09. The zero-order valence-electron chi connectivity index (χ0n) is 10.5. The van der Waals surface area contributed by atoms with Gasteiger partial charge in [0.2, 0.25) is 0 Å². The summed E-state index contributed by atoms with van der Waals surface area (Å²) in [6.07, 6.45) is 1.40. The quantitative estimate of drug-likeness (QED) is 0.358. The smallest absolute Gasteiger partial charge is 0.271 e. The SMILES string of the molecule is O=C(N/N=C/c1cc(Br)cc(I)c1O)c1ccc(Br)cc1. The molecule has 2 aromatic carbocycles. The van der Waals surface area contributed by atoms with Crippen molar-refractivity contribution in [2.75, 3.05) is 0 Å². The summed E-state index contributed by atoms with van der Waals surface area (Å²) < 4.78 is 2.42. The largest absolute Gasteiger partial charge is 0.506 e. The van der Waals surface area contributed by atoms with Gasteiger partial charge < -0.3 is 5.11 Å². The van der Waals surface area contributed by atoms with E-state index in [2.05, 4.69) is 42.4 Å². The number of aromatic hydroxyl groups is 1. The Kier molecular flexibility index (Phi) is 5.77. The summed E-state index contributed by atoms with van der Waals surface area (Å²) >= 11 is 8.67. The molecule has 2 aromatic rings. The van der Waals surface area contributed by atoms with E-state index in [-0.39, 0.29) is 11.7 Å². The molecule has 0 aliphatic carbocycles. The zero-order chi connectivity index (χ0) is 15.4. The van der Waals surface area contributed by atoms with E-state index < -0.39 is 0 Å². The zero-order valence-corrected chi connectivity index (χ0v) is 15.8. The Labute approximate surface area is 152 Å². The molecule has 7 heteroatoms. The highest BCUT2D eigenvalue weighted by Gasteiger charge is 2.06. The first kappa shape index (κ1) is 16.4. The standard InChI is InChI=1S/C14H9Br2IN2O2/c15-10-3-1-8(2-4-10)14(21)19-18-7-9-5-11(16)6-12(17)13(9)20/h1-7,20H,(H,19,21)/b18-7+. The van der Waals surface area contributed by atoms with Gasteiger partial charge in [-0.2, -0.15) is 5.10 Å². The van der Waals surface area contributed by atoms with Crippen molar-refractivity contribution in [3.63, 3.8) is 0 Å². The summed E-state index contributed by atoms with van der Waals surface area (Å²) in [6, 6.07) is 10.4. The molecular formula is C14H9Br2IN2O2. The number of halogens is 3. The van der Waals surface area contributed by atoms with Crippen molar-refractivity contribution in [1.82, 2.24) is 5.43 Å². The predicted octanol–water partition coefficient (Wildman–Crippen LogP) is 4.29. The van der Waals surface area contributed by atoms with E-state index in [1.165, 1.54) is 6.21 Å². The number of amides is 1. The maximum Gasteiger partial charge on any atom is 0.271 e. The molecule has 0 aliphatic heterocycles. The minimum absolute atomic E-state index is 0.125. The van der Waals surface area contributed by atoms with Gasteiger partial charge in [-0.05, 0) is 59.0 Å². The van der Waals surface area contributed by atoms with Crippen molar-refractivity contribution in [3.8, 4) is 5.75 Å². The number of nitrogens with zero attached hydrogens (tertiary/aromatic N) is 1. The van der Waals surface area contributed by atoms with Gasteiger partial charge in [0, 0.05) is 20.1 Å². The van der Waals surface area contributed by atoms with Crippen molar-refractivity contribution in [2.24, 2.45) is 5.10 Å². The number of phenolic OH excluding ortho intramolecular Hbond substituents is 1. The van der Waals surface area contributed by atoms with Crippen LogP contribution in [0.25, 0.3) is 0 Å². The van der Waals surface area contributed by atoms with Crippen LogP contribution in [-0.4, -0.2) is 17.2 Å². The van der Waals surface area contributed by atoms with Crippen LogP contribution in [0.5, 0.6) is 5.75 Å². The van der Waals surface area contributed by atoms with E-state index in [1.807, 2.05) is 22.6 Å². The molecule has 0 unspecified atom stereocenters. The summed E-state index contributed by atoms with van der Waals surface area (Å²) in [6.45, 7) is 0. The predicted molar refractivity (Wildman–Crippen MR) is 97.7 cm³/mol. The first-order valence-corrected chi connectivity index (χ1v) is 8.41.